The van der Waals surface area contributed by atoms with Gasteiger partial charge in [-0.3, -0.25) is 0 Å². The molecule has 1 atom stereocenters. The van der Waals surface area contributed by atoms with Crippen LogP contribution in [0.4, 0.5) is 11.8 Å². The summed E-state index contributed by atoms with van der Waals surface area (Å²) in [6.45, 7) is 1.56. The molecule has 6 nitrogen and oxygen atoms in total. The Kier molecular flexibility index (Phi) is 3.48. The number of nitrogen functional groups attached to an aromatic ring is 1. The fourth-order valence-electron chi connectivity index (χ4n) is 3.08. The third-order valence-corrected chi connectivity index (χ3v) is 4.93. The van der Waals surface area contributed by atoms with E-state index in [1.165, 1.54) is 0 Å². The molecule has 1 aliphatic heterocycles. The zero-order valence-corrected chi connectivity index (χ0v) is 13.7. The molecule has 1 aromatic carbocycles. The van der Waals surface area contributed by atoms with Gasteiger partial charge in [-0.15, -0.1) is 0 Å². The number of aromatic nitrogens is 2. The summed E-state index contributed by atoms with van der Waals surface area (Å²) in [5.74, 6) is 0.830. The standard InChI is InChI=1S/C15H15Cl2N5O/c16-8-3-4-9-10(11(8)17)12-13(23-9)14(21-15(19)20-12)22-5-1-2-7(18)6-22/h3-4,7H,1-2,5-6,18H2,(H2,19,20,21). The Morgan fingerprint density at radius 1 is 1.26 bits per heavy atom. The first-order valence-corrected chi connectivity index (χ1v) is 8.14. The van der Waals surface area contributed by atoms with Crippen molar-refractivity contribution in [2.45, 2.75) is 18.9 Å². The molecule has 0 spiro atoms. The molecular formula is C15H15Cl2N5O. The van der Waals surface area contributed by atoms with E-state index < -0.39 is 0 Å². The number of nitrogens with two attached hydrogens (primary N) is 2. The number of benzene rings is 1. The van der Waals surface area contributed by atoms with Crippen molar-refractivity contribution in [3.8, 4) is 0 Å². The van der Waals surface area contributed by atoms with Gasteiger partial charge in [-0.2, -0.15) is 4.98 Å². The van der Waals surface area contributed by atoms with Crippen LogP contribution in [0.5, 0.6) is 0 Å². The predicted octanol–water partition coefficient (Wildman–Crippen LogP) is 3.19. The van der Waals surface area contributed by atoms with Crippen molar-refractivity contribution in [2.24, 2.45) is 5.73 Å². The van der Waals surface area contributed by atoms with Gasteiger partial charge in [0.1, 0.15) is 11.1 Å². The number of hydrogen-bond acceptors (Lipinski definition) is 6. The molecule has 1 unspecified atom stereocenters. The first-order valence-electron chi connectivity index (χ1n) is 7.39. The minimum absolute atomic E-state index is 0.109. The van der Waals surface area contributed by atoms with E-state index in [0.717, 1.165) is 19.4 Å². The van der Waals surface area contributed by atoms with Gasteiger partial charge < -0.3 is 20.8 Å². The second-order valence-corrected chi connectivity index (χ2v) is 6.55. The summed E-state index contributed by atoms with van der Waals surface area (Å²) in [5, 5.41) is 1.51. The minimum Gasteiger partial charge on any atom is -0.450 e. The Balaban J connectivity index is 2.00. The van der Waals surface area contributed by atoms with Crippen LogP contribution in [-0.2, 0) is 0 Å². The SMILES string of the molecule is Nc1nc(N2CCCC(N)C2)c2oc3ccc(Cl)c(Cl)c3c2n1. The van der Waals surface area contributed by atoms with Crippen molar-refractivity contribution < 1.29 is 4.42 Å². The highest BCUT2D eigenvalue weighted by Crippen LogP contribution is 2.40. The van der Waals surface area contributed by atoms with E-state index in [1.807, 2.05) is 0 Å². The van der Waals surface area contributed by atoms with Crippen LogP contribution in [0.25, 0.3) is 22.1 Å². The van der Waals surface area contributed by atoms with Crippen molar-refractivity contribution in [1.29, 1.82) is 0 Å². The average Bonchev–Trinajstić information content (AvgIpc) is 2.89. The number of halogens is 2. The average molecular weight is 352 g/mol. The van der Waals surface area contributed by atoms with E-state index in [2.05, 4.69) is 14.9 Å². The van der Waals surface area contributed by atoms with Crippen LogP contribution in [0.1, 0.15) is 12.8 Å². The molecule has 1 aliphatic rings. The first-order chi connectivity index (χ1) is 11.0. The highest BCUT2D eigenvalue weighted by atomic mass is 35.5. The number of nitrogens with zero attached hydrogens (tertiary/aromatic N) is 3. The van der Waals surface area contributed by atoms with Gasteiger partial charge in [-0.25, -0.2) is 4.98 Å². The number of hydrogen-bond donors (Lipinski definition) is 2. The monoisotopic (exact) mass is 351 g/mol. The van der Waals surface area contributed by atoms with Gasteiger partial charge >= 0.3 is 0 Å². The minimum atomic E-state index is 0.109. The number of piperidine rings is 1. The third-order valence-electron chi connectivity index (χ3n) is 4.13. The Bertz CT molecular complexity index is 910. The molecule has 0 amide bonds. The summed E-state index contributed by atoms with van der Waals surface area (Å²) >= 11 is 12.5. The summed E-state index contributed by atoms with van der Waals surface area (Å²) in [7, 11) is 0. The lowest BCUT2D eigenvalue weighted by Crippen LogP contribution is -2.43. The van der Waals surface area contributed by atoms with Gasteiger partial charge in [0.25, 0.3) is 0 Å². The maximum atomic E-state index is 6.33. The molecule has 1 fully saturated rings. The third kappa shape index (κ3) is 2.38. The molecule has 2 aromatic heterocycles. The fraction of sp³-hybridized carbons (Fsp3) is 0.333. The van der Waals surface area contributed by atoms with Crippen LogP contribution < -0.4 is 16.4 Å². The van der Waals surface area contributed by atoms with E-state index in [4.69, 9.17) is 39.1 Å². The normalized spacial score (nSPS) is 18.9. The second kappa shape index (κ2) is 5.40. The van der Waals surface area contributed by atoms with E-state index in [9.17, 15) is 0 Å². The zero-order valence-electron chi connectivity index (χ0n) is 12.2. The molecule has 0 saturated carbocycles. The molecule has 4 N–H and O–H groups in total. The van der Waals surface area contributed by atoms with E-state index >= 15 is 0 Å². The number of fused-ring (bicyclic) bond motifs is 3. The molecule has 3 heterocycles. The van der Waals surface area contributed by atoms with Gasteiger partial charge in [-0.05, 0) is 25.0 Å². The first kappa shape index (κ1) is 14.8. The largest absolute Gasteiger partial charge is 0.450 e. The molecule has 23 heavy (non-hydrogen) atoms. The van der Waals surface area contributed by atoms with Crippen molar-refractivity contribution in [2.75, 3.05) is 23.7 Å². The van der Waals surface area contributed by atoms with Crippen LogP contribution in [0.15, 0.2) is 16.5 Å². The van der Waals surface area contributed by atoms with E-state index in [1.54, 1.807) is 12.1 Å². The lowest BCUT2D eigenvalue weighted by atomic mass is 10.1. The molecule has 3 aromatic rings. The van der Waals surface area contributed by atoms with Crippen molar-refractivity contribution in [3.05, 3.63) is 22.2 Å². The van der Waals surface area contributed by atoms with Crippen LogP contribution in [0, 0.1) is 0 Å². The Morgan fingerprint density at radius 2 is 2.09 bits per heavy atom. The summed E-state index contributed by atoms with van der Waals surface area (Å²) in [4.78, 5) is 10.8. The van der Waals surface area contributed by atoms with Crippen LogP contribution in [0.3, 0.4) is 0 Å². The maximum Gasteiger partial charge on any atom is 0.222 e. The van der Waals surface area contributed by atoms with Crippen LogP contribution in [-0.4, -0.2) is 29.1 Å². The fourth-order valence-corrected chi connectivity index (χ4v) is 3.49. The van der Waals surface area contributed by atoms with Gasteiger partial charge in [-0.1, -0.05) is 23.2 Å². The van der Waals surface area contributed by atoms with Crippen LogP contribution in [0.2, 0.25) is 10.0 Å². The second-order valence-electron chi connectivity index (χ2n) is 5.77. The lowest BCUT2D eigenvalue weighted by molar-refractivity contribution is 0.502. The van der Waals surface area contributed by atoms with Gasteiger partial charge in [0.15, 0.2) is 11.4 Å². The zero-order chi connectivity index (χ0) is 16.1. The molecule has 0 bridgehead atoms. The quantitative estimate of drug-likeness (QED) is 0.699. The molecule has 0 radical (unpaired) electrons. The Morgan fingerprint density at radius 3 is 2.87 bits per heavy atom. The number of anilines is 2. The topological polar surface area (TPSA) is 94.2 Å². The molecule has 0 aliphatic carbocycles. The Hall–Kier alpha value is -1.76. The lowest BCUT2D eigenvalue weighted by Gasteiger charge is -2.31. The van der Waals surface area contributed by atoms with Gasteiger partial charge in [0, 0.05) is 19.1 Å². The van der Waals surface area contributed by atoms with Crippen molar-refractivity contribution in [3.63, 3.8) is 0 Å². The highest BCUT2D eigenvalue weighted by Gasteiger charge is 2.25. The highest BCUT2D eigenvalue weighted by molar-refractivity contribution is 6.46. The molecular weight excluding hydrogens is 337 g/mol. The maximum absolute atomic E-state index is 6.33. The molecule has 1 saturated heterocycles. The molecule has 120 valence electrons. The number of rotatable bonds is 1. The molecule has 8 heteroatoms. The summed E-state index contributed by atoms with van der Waals surface area (Å²) in [6, 6.07) is 3.58. The van der Waals surface area contributed by atoms with E-state index in [-0.39, 0.29) is 12.0 Å². The van der Waals surface area contributed by atoms with Crippen molar-refractivity contribution >= 4 is 57.0 Å². The Labute approximate surface area is 142 Å². The molecule has 4 rings (SSSR count). The van der Waals surface area contributed by atoms with Crippen LogP contribution >= 0.6 is 23.2 Å². The van der Waals surface area contributed by atoms with Gasteiger partial charge in [0.2, 0.25) is 5.95 Å². The summed E-state index contributed by atoms with van der Waals surface area (Å²) in [6.07, 6.45) is 2.00. The summed E-state index contributed by atoms with van der Waals surface area (Å²) in [5.41, 5.74) is 13.7. The summed E-state index contributed by atoms with van der Waals surface area (Å²) < 4.78 is 5.96. The number of furan rings is 1. The van der Waals surface area contributed by atoms with E-state index in [0.29, 0.717) is 44.5 Å². The smallest absolute Gasteiger partial charge is 0.222 e. The predicted molar refractivity (Wildman–Crippen MR) is 93.2 cm³/mol. The van der Waals surface area contributed by atoms with Gasteiger partial charge in [0.05, 0.1) is 15.4 Å². The van der Waals surface area contributed by atoms with Crippen molar-refractivity contribution in [1.82, 2.24) is 9.97 Å².